The van der Waals surface area contributed by atoms with Gasteiger partial charge in [-0.25, -0.2) is 0 Å². The smallest absolute Gasteiger partial charge is 0.342 e. The van der Waals surface area contributed by atoms with Gasteiger partial charge < -0.3 is 9.88 Å². The Labute approximate surface area is 141 Å². The van der Waals surface area contributed by atoms with E-state index in [1.807, 2.05) is 6.92 Å². The van der Waals surface area contributed by atoms with Crippen LogP contribution in [0.25, 0.3) is 0 Å². The lowest BCUT2D eigenvalue weighted by Crippen LogP contribution is -2.30. The molecule has 0 aliphatic carbocycles. The van der Waals surface area contributed by atoms with Crippen molar-refractivity contribution in [3.8, 4) is 0 Å². The number of hydrogen-bond acceptors (Lipinski definition) is 4. The van der Waals surface area contributed by atoms with E-state index in [0.717, 1.165) is 17.9 Å². The van der Waals surface area contributed by atoms with Gasteiger partial charge in [-0.05, 0) is 24.8 Å². The number of benzene rings is 1. The number of carbonyl (C=O) groups excluding carboxylic acids is 1. The van der Waals surface area contributed by atoms with Gasteiger partial charge in [-0.15, -0.1) is 10.2 Å². The van der Waals surface area contributed by atoms with Gasteiger partial charge in [-0.3, -0.25) is 4.79 Å². The van der Waals surface area contributed by atoms with E-state index in [9.17, 15) is 18.0 Å². The van der Waals surface area contributed by atoms with Crippen LogP contribution in [0.1, 0.15) is 41.6 Å². The zero-order valence-electron chi connectivity index (χ0n) is 13.4. The van der Waals surface area contributed by atoms with Crippen molar-refractivity contribution in [2.45, 2.75) is 31.2 Å². The summed E-state index contributed by atoms with van der Waals surface area (Å²) >= 11 is 1.49. The Balaban J connectivity index is 2.21. The summed E-state index contributed by atoms with van der Waals surface area (Å²) in [4.78, 5) is 12.3. The van der Waals surface area contributed by atoms with Gasteiger partial charge in [0.2, 0.25) is 0 Å². The van der Waals surface area contributed by atoms with Crippen LogP contribution in [0.3, 0.4) is 0 Å². The predicted octanol–water partition coefficient (Wildman–Crippen LogP) is 3.44. The van der Waals surface area contributed by atoms with Gasteiger partial charge in [0, 0.05) is 7.05 Å². The van der Waals surface area contributed by atoms with Crippen LogP contribution in [0.5, 0.6) is 0 Å². The molecule has 0 aliphatic heterocycles. The molecular weight excluding hydrogens is 341 g/mol. The molecule has 5 nitrogen and oxygen atoms in total. The third-order valence-corrected chi connectivity index (χ3v) is 4.26. The molecule has 2 rings (SSSR count). The van der Waals surface area contributed by atoms with E-state index < -0.39 is 29.3 Å². The van der Waals surface area contributed by atoms with Crippen molar-refractivity contribution in [3.05, 3.63) is 41.2 Å². The molecular formula is C15H17F3N4OS. The second-order valence-electron chi connectivity index (χ2n) is 5.07. The molecule has 24 heavy (non-hydrogen) atoms. The highest BCUT2D eigenvalue weighted by molar-refractivity contribution is 7.99. The first-order valence-electron chi connectivity index (χ1n) is 7.24. The van der Waals surface area contributed by atoms with E-state index in [2.05, 4.69) is 15.5 Å². The number of alkyl halides is 3. The number of hydrogen-bond donors (Lipinski definition) is 1. The summed E-state index contributed by atoms with van der Waals surface area (Å²) in [7, 11) is 1.75. The Kier molecular flexibility index (Phi) is 5.53. The van der Waals surface area contributed by atoms with Crippen molar-refractivity contribution >= 4 is 17.7 Å². The minimum Gasteiger partial charge on any atom is -0.342 e. The molecule has 1 N–H and O–H groups in total. The third-order valence-electron chi connectivity index (χ3n) is 3.35. The number of nitrogens with zero attached hydrogens (tertiary/aromatic N) is 3. The van der Waals surface area contributed by atoms with Crippen molar-refractivity contribution in [2.24, 2.45) is 7.05 Å². The first kappa shape index (κ1) is 18.3. The fraction of sp³-hybridized carbons (Fsp3) is 0.400. The van der Waals surface area contributed by atoms with Crippen LogP contribution >= 0.6 is 11.8 Å². The van der Waals surface area contributed by atoms with E-state index in [0.29, 0.717) is 11.0 Å². The molecule has 0 radical (unpaired) electrons. The molecule has 1 amide bonds. The highest BCUT2D eigenvalue weighted by atomic mass is 32.2. The zero-order valence-corrected chi connectivity index (χ0v) is 14.2. The third kappa shape index (κ3) is 3.89. The summed E-state index contributed by atoms with van der Waals surface area (Å²) in [6, 6.07) is 4.10. The van der Waals surface area contributed by atoms with Crippen LogP contribution in [0.4, 0.5) is 13.2 Å². The quantitative estimate of drug-likeness (QED) is 0.832. The van der Waals surface area contributed by atoms with Crippen molar-refractivity contribution in [3.63, 3.8) is 0 Å². The Morgan fingerprint density at radius 1 is 1.33 bits per heavy atom. The lowest BCUT2D eigenvalue weighted by atomic mass is 10.1. The molecule has 0 saturated carbocycles. The molecule has 0 fully saturated rings. The number of nitrogens with one attached hydrogen (secondary N) is 1. The Hall–Kier alpha value is -2.03. The summed E-state index contributed by atoms with van der Waals surface area (Å²) in [6.07, 6.45) is -4.59. The minimum absolute atomic E-state index is 0.415. The number of thioether (sulfide) groups is 1. The van der Waals surface area contributed by atoms with Crippen LogP contribution in [-0.2, 0) is 13.2 Å². The van der Waals surface area contributed by atoms with Crippen molar-refractivity contribution in [2.75, 3.05) is 5.75 Å². The van der Waals surface area contributed by atoms with Crippen LogP contribution in [0.15, 0.2) is 29.4 Å². The van der Waals surface area contributed by atoms with E-state index in [1.165, 1.54) is 23.9 Å². The largest absolute Gasteiger partial charge is 0.417 e. The van der Waals surface area contributed by atoms with E-state index >= 15 is 0 Å². The molecule has 130 valence electrons. The van der Waals surface area contributed by atoms with E-state index in [-0.39, 0.29) is 0 Å². The Bertz CT molecular complexity index is 730. The fourth-order valence-corrected chi connectivity index (χ4v) is 2.87. The number of rotatable bonds is 5. The van der Waals surface area contributed by atoms with Crippen molar-refractivity contribution in [1.29, 1.82) is 0 Å². The van der Waals surface area contributed by atoms with Crippen LogP contribution in [-0.4, -0.2) is 26.4 Å². The van der Waals surface area contributed by atoms with Crippen LogP contribution in [0.2, 0.25) is 0 Å². The standard InChI is InChI=1S/C15H17F3N4OS/c1-4-24-14-21-20-12(22(14)3)9(2)19-13(23)10-7-5-6-8-11(10)15(16,17)18/h5-9H,4H2,1-3H3,(H,19,23)/t9-/m0/s1. The summed E-state index contributed by atoms with van der Waals surface area (Å²) in [5, 5.41) is 11.2. The summed E-state index contributed by atoms with van der Waals surface area (Å²) < 4.78 is 40.8. The summed E-state index contributed by atoms with van der Waals surface area (Å²) in [6.45, 7) is 3.62. The average molecular weight is 358 g/mol. The topological polar surface area (TPSA) is 59.8 Å². The number of halogens is 3. The number of carbonyl (C=O) groups is 1. The van der Waals surface area contributed by atoms with Gasteiger partial charge in [-0.2, -0.15) is 13.2 Å². The van der Waals surface area contributed by atoms with Gasteiger partial charge in [0.05, 0.1) is 17.2 Å². The van der Waals surface area contributed by atoms with Crippen molar-refractivity contribution in [1.82, 2.24) is 20.1 Å². The van der Waals surface area contributed by atoms with E-state index in [1.54, 1.807) is 18.5 Å². The first-order valence-corrected chi connectivity index (χ1v) is 8.23. The lowest BCUT2D eigenvalue weighted by Gasteiger charge is -2.16. The molecule has 1 atom stereocenters. The van der Waals surface area contributed by atoms with Gasteiger partial charge in [0.25, 0.3) is 5.91 Å². The molecule has 0 spiro atoms. The second-order valence-corrected chi connectivity index (χ2v) is 6.30. The molecule has 9 heteroatoms. The molecule has 0 saturated heterocycles. The second kappa shape index (κ2) is 7.25. The Morgan fingerprint density at radius 2 is 2.00 bits per heavy atom. The zero-order chi connectivity index (χ0) is 17.9. The number of aromatic nitrogens is 3. The predicted molar refractivity (Wildman–Crippen MR) is 84.7 cm³/mol. The van der Waals surface area contributed by atoms with Gasteiger partial charge in [0.1, 0.15) is 0 Å². The molecule has 1 aromatic carbocycles. The average Bonchev–Trinajstić information content (AvgIpc) is 2.88. The van der Waals surface area contributed by atoms with Gasteiger partial charge in [-0.1, -0.05) is 30.8 Å². The summed E-state index contributed by atoms with van der Waals surface area (Å²) in [5.41, 5.74) is -1.38. The molecule has 0 bridgehead atoms. The highest BCUT2D eigenvalue weighted by Gasteiger charge is 2.35. The molecule has 0 aliphatic rings. The summed E-state index contributed by atoms with van der Waals surface area (Å²) in [5.74, 6) is 0.484. The molecule has 0 unspecified atom stereocenters. The maximum Gasteiger partial charge on any atom is 0.417 e. The SMILES string of the molecule is CCSc1nnc([C@H](C)NC(=O)c2ccccc2C(F)(F)F)n1C. The fourth-order valence-electron chi connectivity index (χ4n) is 2.23. The minimum atomic E-state index is -4.59. The first-order chi connectivity index (χ1) is 11.3. The van der Waals surface area contributed by atoms with E-state index in [4.69, 9.17) is 0 Å². The molecule has 1 aromatic heterocycles. The highest BCUT2D eigenvalue weighted by Crippen LogP contribution is 2.32. The maximum absolute atomic E-state index is 13.0. The molecule has 1 heterocycles. The normalized spacial score (nSPS) is 12.9. The maximum atomic E-state index is 13.0. The van der Waals surface area contributed by atoms with Crippen molar-refractivity contribution < 1.29 is 18.0 Å². The Morgan fingerprint density at radius 3 is 2.62 bits per heavy atom. The molecule has 2 aromatic rings. The van der Waals surface area contributed by atoms with Crippen LogP contribution in [0, 0.1) is 0 Å². The monoisotopic (exact) mass is 358 g/mol. The van der Waals surface area contributed by atoms with Gasteiger partial charge in [0.15, 0.2) is 11.0 Å². The van der Waals surface area contributed by atoms with Gasteiger partial charge >= 0.3 is 6.18 Å². The lowest BCUT2D eigenvalue weighted by molar-refractivity contribution is -0.137. The van der Waals surface area contributed by atoms with Crippen LogP contribution < -0.4 is 5.32 Å². The number of amides is 1.